The number of fused-ring (bicyclic) bond motifs is 1. The van der Waals surface area contributed by atoms with Crippen LogP contribution in [-0.2, 0) is 13.1 Å². The molecule has 3 aromatic rings. The average molecular weight is 246 g/mol. The highest BCUT2D eigenvalue weighted by Gasteiger charge is 2.04. The van der Waals surface area contributed by atoms with E-state index >= 15 is 0 Å². The molecule has 0 unspecified atom stereocenters. The van der Waals surface area contributed by atoms with Crippen molar-refractivity contribution < 1.29 is 0 Å². The lowest BCUT2D eigenvalue weighted by Crippen LogP contribution is -2.21. The monoisotopic (exact) mass is 246 g/mol. The highest BCUT2D eigenvalue weighted by Crippen LogP contribution is 2.12. The Balaban J connectivity index is 1.90. The Morgan fingerprint density at radius 1 is 1.29 bits per heavy atom. The van der Waals surface area contributed by atoms with Gasteiger partial charge in [0.2, 0.25) is 0 Å². The summed E-state index contributed by atoms with van der Waals surface area (Å²) >= 11 is 1.44. The number of nitrogens with zero attached hydrogens (tertiary/aromatic N) is 4. The van der Waals surface area contributed by atoms with Crippen LogP contribution >= 0.6 is 11.3 Å². The molecule has 3 rings (SSSR count). The van der Waals surface area contributed by atoms with Crippen LogP contribution < -0.4 is 5.56 Å². The van der Waals surface area contributed by atoms with Gasteiger partial charge in [0.15, 0.2) is 0 Å². The molecule has 0 aliphatic heterocycles. The van der Waals surface area contributed by atoms with Gasteiger partial charge in [0.1, 0.15) is 4.70 Å². The number of hydrogen-bond acceptors (Lipinski definition) is 4. The van der Waals surface area contributed by atoms with Crippen LogP contribution in [0, 0.1) is 0 Å². The van der Waals surface area contributed by atoms with Crippen molar-refractivity contribution in [1.29, 1.82) is 0 Å². The molecule has 5 nitrogen and oxygen atoms in total. The molecule has 86 valence electrons. The van der Waals surface area contributed by atoms with Gasteiger partial charge in [-0.3, -0.25) is 9.36 Å². The predicted octanol–water partition coefficient (Wildman–Crippen LogP) is 1.35. The average Bonchev–Trinajstić information content (AvgIpc) is 2.99. The first-order valence-corrected chi connectivity index (χ1v) is 6.11. The fourth-order valence-corrected chi connectivity index (χ4v) is 2.47. The van der Waals surface area contributed by atoms with Gasteiger partial charge in [0.05, 0.1) is 18.2 Å². The van der Waals surface area contributed by atoms with E-state index in [2.05, 4.69) is 9.97 Å². The number of imidazole rings is 1. The molecule has 0 fully saturated rings. The van der Waals surface area contributed by atoms with Gasteiger partial charge in [-0.2, -0.15) is 0 Å². The Kier molecular flexibility index (Phi) is 2.49. The van der Waals surface area contributed by atoms with Crippen LogP contribution in [0.1, 0.15) is 0 Å². The maximum atomic E-state index is 12.1. The minimum atomic E-state index is 0.0325. The van der Waals surface area contributed by atoms with E-state index in [4.69, 9.17) is 0 Å². The van der Waals surface area contributed by atoms with Crippen LogP contribution in [-0.4, -0.2) is 19.1 Å². The minimum Gasteiger partial charge on any atom is -0.336 e. The molecule has 0 bridgehead atoms. The van der Waals surface area contributed by atoms with Crippen molar-refractivity contribution in [3.8, 4) is 0 Å². The predicted molar refractivity (Wildman–Crippen MR) is 66.1 cm³/mol. The van der Waals surface area contributed by atoms with Crippen LogP contribution in [0.25, 0.3) is 10.2 Å². The standard InChI is InChI=1S/C11H10N4OS/c16-11-10-9(1-6-17-10)13-8-15(11)5-4-14-3-2-12-7-14/h1-3,6-8H,4-5H2. The van der Waals surface area contributed by atoms with E-state index in [1.165, 1.54) is 11.3 Å². The Bertz CT molecular complexity index is 683. The highest BCUT2D eigenvalue weighted by molar-refractivity contribution is 7.17. The molecule has 0 radical (unpaired) electrons. The summed E-state index contributed by atoms with van der Waals surface area (Å²) in [6, 6.07) is 1.86. The van der Waals surface area contributed by atoms with E-state index in [0.717, 1.165) is 16.8 Å². The molecule has 0 aliphatic rings. The number of thiophene rings is 1. The van der Waals surface area contributed by atoms with Crippen molar-refractivity contribution in [3.05, 3.63) is 46.8 Å². The summed E-state index contributed by atoms with van der Waals surface area (Å²) in [5.41, 5.74) is 0.809. The summed E-state index contributed by atoms with van der Waals surface area (Å²) in [6.45, 7) is 1.33. The Labute approximate surface area is 101 Å². The number of aromatic nitrogens is 4. The van der Waals surface area contributed by atoms with E-state index in [1.54, 1.807) is 23.4 Å². The Hall–Kier alpha value is -1.95. The van der Waals surface area contributed by atoms with Crippen LogP contribution in [0.3, 0.4) is 0 Å². The lowest BCUT2D eigenvalue weighted by molar-refractivity contribution is 0.562. The van der Waals surface area contributed by atoms with E-state index < -0.39 is 0 Å². The van der Waals surface area contributed by atoms with E-state index in [0.29, 0.717) is 6.54 Å². The zero-order chi connectivity index (χ0) is 11.7. The molecule has 0 aromatic carbocycles. The SMILES string of the molecule is O=c1c2sccc2ncn1CCn1ccnc1. The fourth-order valence-electron chi connectivity index (χ4n) is 1.68. The van der Waals surface area contributed by atoms with Gasteiger partial charge in [-0.05, 0) is 11.4 Å². The molecule has 0 N–H and O–H groups in total. The number of rotatable bonds is 3. The zero-order valence-corrected chi connectivity index (χ0v) is 9.80. The van der Waals surface area contributed by atoms with Crippen molar-refractivity contribution in [2.24, 2.45) is 0 Å². The smallest absolute Gasteiger partial charge is 0.271 e. The van der Waals surface area contributed by atoms with Gasteiger partial charge < -0.3 is 4.57 Å². The lowest BCUT2D eigenvalue weighted by atomic mass is 10.4. The molecule has 0 saturated heterocycles. The first-order chi connectivity index (χ1) is 8.34. The van der Waals surface area contributed by atoms with Crippen molar-refractivity contribution in [2.75, 3.05) is 0 Å². The molecule has 6 heteroatoms. The number of aryl methyl sites for hydroxylation is 2. The minimum absolute atomic E-state index is 0.0325. The van der Waals surface area contributed by atoms with Crippen LogP contribution in [0.15, 0.2) is 41.3 Å². The zero-order valence-electron chi connectivity index (χ0n) is 8.98. The molecule has 3 heterocycles. The second-order valence-electron chi connectivity index (χ2n) is 3.68. The van der Waals surface area contributed by atoms with E-state index in [-0.39, 0.29) is 5.56 Å². The Morgan fingerprint density at radius 3 is 3.06 bits per heavy atom. The highest BCUT2D eigenvalue weighted by atomic mass is 32.1. The van der Waals surface area contributed by atoms with E-state index in [9.17, 15) is 4.79 Å². The summed E-state index contributed by atoms with van der Waals surface area (Å²) in [5.74, 6) is 0. The molecule has 3 aromatic heterocycles. The lowest BCUT2D eigenvalue weighted by Gasteiger charge is -2.05. The molecule has 0 aliphatic carbocycles. The second kappa shape index (κ2) is 4.14. The first kappa shape index (κ1) is 10.2. The first-order valence-electron chi connectivity index (χ1n) is 5.23. The van der Waals surface area contributed by atoms with Gasteiger partial charge in [0, 0.05) is 25.5 Å². The third kappa shape index (κ3) is 1.87. The molecule has 0 atom stereocenters. The van der Waals surface area contributed by atoms with Gasteiger partial charge in [0.25, 0.3) is 5.56 Å². The van der Waals surface area contributed by atoms with Gasteiger partial charge in [-0.15, -0.1) is 11.3 Å². The fraction of sp³-hybridized carbons (Fsp3) is 0.182. The van der Waals surface area contributed by atoms with Gasteiger partial charge in [-0.25, -0.2) is 9.97 Å². The van der Waals surface area contributed by atoms with Gasteiger partial charge >= 0.3 is 0 Å². The maximum absolute atomic E-state index is 12.1. The van der Waals surface area contributed by atoms with Gasteiger partial charge in [-0.1, -0.05) is 0 Å². The molecule has 0 amide bonds. The van der Waals surface area contributed by atoms with Crippen molar-refractivity contribution in [2.45, 2.75) is 13.1 Å². The normalized spacial score (nSPS) is 11.1. The largest absolute Gasteiger partial charge is 0.336 e. The molecule has 0 saturated carbocycles. The maximum Gasteiger partial charge on any atom is 0.271 e. The topological polar surface area (TPSA) is 52.7 Å². The van der Waals surface area contributed by atoms with Crippen molar-refractivity contribution in [1.82, 2.24) is 19.1 Å². The van der Waals surface area contributed by atoms with Crippen molar-refractivity contribution >= 4 is 21.6 Å². The summed E-state index contributed by atoms with van der Waals surface area (Å²) < 4.78 is 4.29. The van der Waals surface area contributed by atoms with Crippen LogP contribution in [0.5, 0.6) is 0 Å². The third-order valence-corrected chi connectivity index (χ3v) is 3.49. The summed E-state index contributed by atoms with van der Waals surface area (Å²) in [7, 11) is 0. The summed E-state index contributed by atoms with van der Waals surface area (Å²) in [4.78, 5) is 20.3. The third-order valence-electron chi connectivity index (χ3n) is 2.59. The van der Waals surface area contributed by atoms with Crippen LogP contribution in [0.4, 0.5) is 0 Å². The van der Waals surface area contributed by atoms with Crippen LogP contribution in [0.2, 0.25) is 0 Å². The van der Waals surface area contributed by atoms with E-state index in [1.807, 2.05) is 22.2 Å². The second-order valence-corrected chi connectivity index (χ2v) is 4.59. The summed E-state index contributed by atoms with van der Waals surface area (Å²) in [5, 5.41) is 1.89. The Morgan fingerprint density at radius 2 is 2.24 bits per heavy atom. The summed E-state index contributed by atoms with van der Waals surface area (Å²) in [6.07, 6.45) is 6.95. The van der Waals surface area contributed by atoms with Crippen molar-refractivity contribution in [3.63, 3.8) is 0 Å². The molecular weight excluding hydrogens is 236 g/mol. The molecular formula is C11H10N4OS. The quantitative estimate of drug-likeness (QED) is 0.701. The molecule has 17 heavy (non-hydrogen) atoms. The number of hydrogen-bond donors (Lipinski definition) is 0. The molecule has 0 spiro atoms.